The number of hydrogen-bond donors (Lipinski definition) is 1. The summed E-state index contributed by atoms with van der Waals surface area (Å²) in [6.07, 6.45) is 2.80. The lowest BCUT2D eigenvalue weighted by Gasteiger charge is -2.38. The van der Waals surface area contributed by atoms with Gasteiger partial charge < -0.3 is 5.32 Å². The van der Waals surface area contributed by atoms with Gasteiger partial charge in [-0.2, -0.15) is 13.2 Å². The molecule has 0 unspecified atom stereocenters. The molecule has 3 atom stereocenters. The van der Waals surface area contributed by atoms with E-state index in [2.05, 4.69) is 15.2 Å². The number of pyridine rings is 1. The fraction of sp³-hybridized carbons (Fsp3) is 0.478. The van der Waals surface area contributed by atoms with Gasteiger partial charge in [0, 0.05) is 37.4 Å². The Balaban J connectivity index is 1.74. The first-order valence-corrected chi connectivity index (χ1v) is 10.4. The molecule has 0 bridgehead atoms. The highest BCUT2D eigenvalue weighted by molar-refractivity contribution is 5.77. The molecule has 1 N–H and O–H groups in total. The van der Waals surface area contributed by atoms with E-state index < -0.39 is 17.3 Å². The number of aromatic nitrogens is 1. The van der Waals surface area contributed by atoms with Gasteiger partial charge in [-0.1, -0.05) is 18.6 Å². The third kappa shape index (κ3) is 4.21. The van der Waals surface area contributed by atoms with Gasteiger partial charge in [0.2, 0.25) is 5.91 Å². The number of carbonyl (C=O) groups is 1. The van der Waals surface area contributed by atoms with Crippen LogP contribution in [0.1, 0.15) is 61.8 Å². The van der Waals surface area contributed by atoms with Crippen molar-refractivity contribution < 1.29 is 18.0 Å². The highest BCUT2D eigenvalue weighted by Crippen LogP contribution is 2.46. The zero-order valence-corrected chi connectivity index (χ0v) is 17.0. The molecule has 1 amide bonds. The number of hydrogen-bond acceptors (Lipinski definition) is 3. The maximum absolute atomic E-state index is 13.4. The predicted molar refractivity (Wildman–Crippen MR) is 107 cm³/mol. The number of amides is 1. The van der Waals surface area contributed by atoms with Crippen LogP contribution in [0.5, 0.6) is 0 Å². The number of halogens is 3. The summed E-state index contributed by atoms with van der Waals surface area (Å²) in [5.41, 5.74) is 0.576. The van der Waals surface area contributed by atoms with E-state index in [1.165, 1.54) is 12.1 Å². The average molecular weight is 417 g/mol. The molecule has 2 aliphatic heterocycles. The van der Waals surface area contributed by atoms with Crippen molar-refractivity contribution in [3.63, 3.8) is 0 Å². The second kappa shape index (κ2) is 8.02. The van der Waals surface area contributed by atoms with Gasteiger partial charge in [0.25, 0.3) is 0 Å². The molecule has 30 heavy (non-hydrogen) atoms. The number of fused-ring (bicyclic) bond motifs is 1. The fourth-order valence-electron chi connectivity index (χ4n) is 5.01. The highest BCUT2D eigenvalue weighted by Gasteiger charge is 2.50. The number of rotatable bonds is 3. The van der Waals surface area contributed by atoms with Gasteiger partial charge in [0.15, 0.2) is 0 Å². The largest absolute Gasteiger partial charge is 0.416 e. The SMILES string of the molecule is C[C@]12C[C@@H](c3cccc(C(F)(F)F)c3)N(Cc3ccncc3)[C@H]1CCCCC(=O)N2. The molecule has 4 rings (SSSR count). The number of carbonyl (C=O) groups excluding carboxylic acids is 1. The quantitative estimate of drug-likeness (QED) is 0.775. The summed E-state index contributed by atoms with van der Waals surface area (Å²) < 4.78 is 40.1. The van der Waals surface area contributed by atoms with E-state index in [1.807, 2.05) is 19.1 Å². The van der Waals surface area contributed by atoms with Crippen LogP contribution in [0.15, 0.2) is 48.8 Å². The summed E-state index contributed by atoms with van der Waals surface area (Å²) in [5, 5.41) is 3.20. The molecule has 1 aromatic carbocycles. The van der Waals surface area contributed by atoms with Crippen LogP contribution in [0.2, 0.25) is 0 Å². The Labute approximate surface area is 174 Å². The van der Waals surface area contributed by atoms with Crippen molar-refractivity contribution in [2.24, 2.45) is 0 Å². The molecule has 3 heterocycles. The van der Waals surface area contributed by atoms with Crippen molar-refractivity contribution >= 4 is 5.91 Å². The van der Waals surface area contributed by atoms with E-state index in [-0.39, 0.29) is 18.0 Å². The van der Waals surface area contributed by atoms with E-state index in [9.17, 15) is 18.0 Å². The van der Waals surface area contributed by atoms with Gasteiger partial charge >= 0.3 is 6.18 Å². The van der Waals surface area contributed by atoms with Gasteiger partial charge in [-0.3, -0.25) is 14.7 Å². The smallest absolute Gasteiger partial charge is 0.349 e. The van der Waals surface area contributed by atoms with Gasteiger partial charge in [0.05, 0.1) is 11.1 Å². The predicted octanol–water partition coefficient (Wildman–Crippen LogP) is 4.86. The lowest BCUT2D eigenvalue weighted by atomic mass is 9.85. The molecule has 0 radical (unpaired) electrons. The second-order valence-corrected chi connectivity index (χ2v) is 8.60. The van der Waals surface area contributed by atoms with E-state index in [1.54, 1.807) is 18.5 Å². The summed E-state index contributed by atoms with van der Waals surface area (Å²) in [4.78, 5) is 18.7. The molecule has 2 aromatic rings. The van der Waals surface area contributed by atoms with E-state index in [0.29, 0.717) is 24.9 Å². The molecule has 1 aromatic heterocycles. The number of likely N-dealkylation sites (tertiary alicyclic amines) is 1. The Kier molecular flexibility index (Phi) is 5.57. The molecular formula is C23H26F3N3O. The van der Waals surface area contributed by atoms with Crippen LogP contribution in [0, 0.1) is 0 Å². The maximum atomic E-state index is 13.4. The van der Waals surface area contributed by atoms with Gasteiger partial charge in [0.1, 0.15) is 0 Å². The topological polar surface area (TPSA) is 45.2 Å². The van der Waals surface area contributed by atoms with Crippen molar-refractivity contribution in [3.8, 4) is 0 Å². The van der Waals surface area contributed by atoms with Gasteiger partial charge in [-0.05, 0) is 61.6 Å². The van der Waals surface area contributed by atoms with Crippen molar-refractivity contribution in [1.29, 1.82) is 0 Å². The summed E-state index contributed by atoms with van der Waals surface area (Å²) in [6.45, 7) is 2.63. The average Bonchev–Trinajstić information content (AvgIpc) is 2.95. The first-order chi connectivity index (χ1) is 14.3. The zero-order valence-electron chi connectivity index (χ0n) is 17.0. The van der Waals surface area contributed by atoms with Crippen LogP contribution in [0.25, 0.3) is 0 Å². The van der Waals surface area contributed by atoms with Gasteiger partial charge in [-0.15, -0.1) is 0 Å². The maximum Gasteiger partial charge on any atom is 0.416 e. The minimum atomic E-state index is -4.38. The number of alkyl halides is 3. The molecule has 2 aliphatic rings. The van der Waals surface area contributed by atoms with Crippen LogP contribution in [-0.2, 0) is 17.5 Å². The summed E-state index contributed by atoms with van der Waals surface area (Å²) in [6, 6.07) is 9.31. The third-order valence-corrected chi connectivity index (χ3v) is 6.42. The van der Waals surface area contributed by atoms with Crippen LogP contribution in [0.4, 0.5) is 13.2 Å². The molecule has 7 heteroatoms. The molecule has 2 fully saturated rings. The summed E-state index contributed by atoms with van der Waals surface area (Å²) >= 11 is 0. The summed E-state index contributed by atoms with van der Waals surface area (Å²) in [5.74, 6) is 0.0238. The molecular weight excluding hydrogens is 391 g/mol. The minimum absolute atomic E-state index is 0.0238. The number of benzene rings is 1. The van der Waals surface area contributed by atoms with E-state index in [0.717, 1.165) is 30.9 Å². The molecule has 160 valence electrons. The van der Waals surface area contributed by atoms with E-state index in [4.69, 9.17) is 0 Å². The van der Waals surface area contributed by atoms with Crippen molar-refractivity contribution in [2.75, 3.05) is 0 Å². The molecule has 4 nitrogen and oxygen atoms in total. The minimum Gasteiger partial charge on any atom is -0.349 e. The molecule has 0 spiro atoms. The standard InChI is InChI=1S/C23H26F3N3O/c1-22-14-19(17-5-4-6-18(13-17)23(24,25)26)29(15-16-9-11-27-12-10-16)20(22)7-2-3-8-21(30)28-22/h4-6,9-13,19-20H,2-3,7-8,14-15H2,1H3,(H,28,30)/t19-,20-,22-/m0/s1. The first-order valence-electron chi connectivity index (χ1n) is 10.4. The van der Waals surface area contributed by atoms with E-state index >= 15 is 0 Å². The van der Waals surface area contributed by atoms with Crippen molar-refractivity contribution in [1.82, 2.24) is 15.2 Å². The third-order valence-electron chi connectivity index (χ3n) is 6.42. The van der Waals surface area contributed by atoms with Gasteiger partial charge in [-0.25, -0.2) is 0 Å². The Morgan fingerprint density at radius 3 is 2.70 bits per heavy atom. The van der Waals surface area contributed by atoms with Crippen LogP contribution >= 0.6 is 0 Å². The number of nitrogens with one attached hydrogen (secondary N) is 1. The zero-order chi connectivity index (χ0) is 21.4. The van der Waals surface area contributed by atoms with Crippen LogP contribution in [0.3, 0.4) is 0 Å². The Hall–Kier alpha value is -2.41. The second-order valence-electron chi connectivity index (χ2n) is 8.60. The molecule has 0 aliphatic carbocycles. The van der Waals surface area contributed by atoms with Crippen molar-refractivity contribution in [2.45, 2.75) is 69.4 Å². The fourth-order valence-corrected chi connectivity index (χ4v) is 5.01. The highest BCUT2D eigenvalue weighted by atomic mass is 19.4. The normalized spacial score (nSPS) is 27.8. The number of nitrogens with zero attached hydrogens (tertiary/aromatic N) is 2. The lowest BCUT2D eigenvalue weighted by Crippen LogP contribution is -2.55. The monoisotopic (exact) mass is 417 g/mol. The molecule has 0 saturated carbocycles. The van der Waals surface area contributed by atoms with Crippen LogP contribution < -0.4 is 5.32 Å². The summed E-state index contributed by atoms with van der Waals surface area (Å²) in [7, 11) is 0. The Morgan fingerprint density at radius 1 is 1.20 bits per heavy atom. The Morgan fingerprint density at radius 2 is 1.97 bits per heavy atom. The first kappa shape index (κ1) is 20.8. The Bertz CT molecular complexity index is 902. The van der Waals surface area contributed by atoms with Crippen molar-refractivity contribution in [3.05, 3.63) is 65.5 Å². The molecule has 2 saturated heterocycles. The van der Waals surface area contributed by atoms with Crippen LogP contribution in [-0.4, -0.2) is 27.4 Å². The lowest BCUT2D eigenvalue weighted by molar-refractivity contribution is -0.137.